The summed E-state index contributed by atoms with van der Waals surface area (Å²) in [6.07, 6.45) is 2.30. The quantitative estimate of drug-likeness (QED) is 0.404. The molecule has 3 aromatic rings. The lowest BCUT2D eigenvalue weighted by molar-refractivity contribution is -0.127. The van der Waals surface area contributed by atoms with E-state index in [1.807, 2.05) is 35.7 Å². The van der Waals surface area contributed by atoms with Crippen LogP contribution in [-0.4, -0.2) is 67.0 Å². The number of carbonyl (C=O) groups is 2. The number of piperidine rings is 1. The van der Waals surface area contributed by atoms with Crippen LogP contribution < -0.4 is 15.8 Å². The number of benzene rings is 2. The van der Waals surface area contributed by atoms with Crippen molar-refractivity contribution in [3.05, 3.63) is 88.1 Å². The van der Waals surface area contributed by atoms with Crippen LogP contribution in [0.5, 0.6) is 5.75 Å². The van der Waals surface area contributed by atoms with Crippen LogP contribution >= 0.6 is 11.3 Å². The Morgan fingerprint density at radius 2 is 1.86 bits per heavy atom. The van der Waals surface area contributed by atoms with E-state index in [1.54, 1.807) is 12.0 Å². The molecule has 2 aromatic carbocycles. The topological polar surface area (TPSA) is 87.9 Å². The van der Waals surface area contributed by atoms with Crippen LogP contribution in [0.25, 0.3) is 0 Å². The minimum Gasteiger partial charge on any atom is -0.497 e. The van der Waals surface area contributed by atoms with Gasteiger partial charge in [-0.3, -0.25) is 14.5 Å². The molecule has 0 aliphatic carbocycles. The van der Waals surface area contributed by atoms with E-state index in [2.05, 4.69) is 46.6 Å². The number of carbonyl (C=O) groups excluding carboxylic acids is 2. The maximum absolute atomic E-state index is 13.3. The minimum atomic E-state index is -0.532. The number of methoxy groups -OCH3 is 1. The lowest BCUT2D eigenvalue weighted by atomic mass is 9.93. The number of ether oxygens (including phenoxy) is 1. The number of hydrogen-bond donors (Lipinski definition) is 2. The summed E-state index contributed by atoms with van der Waals surface area (Å²) >= 11 is 1.41. The first-order valence-corrected chi connectivity index (χ1v) is 13.7. The molecule has 2 heterocycles. The fourth-order valence-electron chi connectivity index (χ4n) is 4.90. The highest BCUT2D eigenvalue weighted by molar-refractivity contribution is 7.12. The number of likely N-dealkylation sites (tertiary alicyclic amines) is 1. The second-order valence-electron chi connectivity index (χ2n) is 9.30. The fourth-order valence-corrected chi connectivity index (χ4v) is 5.58. The molecule has 0 radical (unpaired) electrons. The Bertz CT molecular complexity index is 1120. The molecule has 37 heavy (non-hydrogen) atoms. The normalized spacial score (nSPS) is 17.5. The van der Waals surface area contributed by atoms with E-state index < -0.39 is 6.04 Å². The van der Waals surface area contributed by atoms with Crippen LogP contribution in [0.4, 0.5) is 0 Å². The van der Waals surface area contributed by atoms with Gasteiger partial charge < -0.3 is 20.7 Å². The van der Waals surface area contributed by atoms with Crippen LogP contribution in [0.3, 0.4) is 0 Å². The van der Waals surface area contributed by atoms with Crippen molar-refractivity contribution in [2.24, 2.45) is 5.73 Å². The molecule has 0 saturated carbocycles. The zero-order valence-electron chi connectivity index (χ0n) is 21.3. The summed E-state index contributed by atoms with van der Waals surface area (Å²) in [7, 11) is 1.67. The lowest BCUT2D eigenvalue weighted by Crippen LogP contribution is -2.57. The first-order chi connectivity index (χ1) is 18.1. The predicted molar refractivity (Wildman–Crippen MR) is 148 cm³/mol. The highest BCUT2D eigenvalue weighted by Crippen LogP contribution is 2.27. The Balaban J connectivity index is 1.54. The van der Waals surface area contributed by atoms with Gasteiger partial charge in [0, 0.05) is 38.8 Å². The van der Waals surface area contributed by atoms with Crippen molar-refractivity contribution >= 4 is 23.2 Å². The summed E-state index contributed by atoms with van der Waals surface area (Å²) in [6.45, 7) is 2.91. The maximum atomic E-state index is 13.3. The van der Waals surface area contributed by atoms with Gasteiger partial charge in [-0.1, -0.05) is 48.5 Å². The lowest BCUT2D eigenvalue weighted by Gasteiger charge is -2.43. The Morgan fingerprint density at radius 1 is 1.08 bits per heavy atom. The zero-order valence-corrected chi connectivity index (χ0v) is 22.2. The third-order valence-corrected chi connectivity index (χ3v) is 7.76. The molecular weight excluding hydrogens is 484 g/mol. The Hall–Kier alpha value is -3.20. The standard InChI is InChI=1S/C29H36N4O3S/c1-36-25-11-9-23(10-12-25)21-32(17-13-22-6-3-2-4-7-22)24-14-18-33(29(35)27-8-5-19-37-27)26(20-24)28(34)31-16-15-30/h2-12,19,24,26H,13-18,20-21,30H2,1H3,(H,31,34)/t24?,26-/m1/s1. The van der Waals surface area contributed by atoms with Gasteiger partial charge in [-0.25, -0.2) is 0 Å². The molecular formula is C29H36N4O3S. The number of hydrogen-bond acceptors (Lipinski definition) is 6. The van der Waals surface area contributed by atoms with Crippen molar-refractivity contribution in [2.45, 2.75) is 37.9 Å². The molecule has 2 amide bonds. The van der Waals surface area contributed by atoms with Gasteiger partial charge >= 0.3 is 0 Å². The van der Waals surface area contributed by atoms with E-state index in [4.69, 9.17) is 10.5 Å². The number of rotatable bonds is 11. The Labute approximate surface area is 223 Å². The molecule has 1 aromatic heterocycles. The van der Waals surface area contributed by atoms with E-state index in [9.17, 15) is 9.59 Å². The molecule has 1 saturated heterocycles. The van der Waals surface area contributed by atoms with E-state index in [-0.39, 0.29) is 17.9 Å². The van der Waals surface area contributed by atoms with Crippen LogP contribution in [0.2, 0.25) is 0 Å². The number of amides is 2. The van der Waals surface area contributed by atoms with Gasteiger partial charge in [0.05, 0.1) is 12.0 Å². The summed E-state index contributed by atoms with van der Waals surface area (Å²) in [5.74, 6) is 0.622. The first kappa shape index (κ1) is 26.9. The third-order valence-electron chi connectivity index (χ3n) is 6.91. The highest BCUT2D eigenvalue weighted by atomic mass is 32.1. The number of nitrogens with two attached hydrogens (primary N) is 1. The number of nitrogens with one attached hydrogen (secondary N) is 1. The van der Waals surface area contributed by atoms with Crippen LogP contribution in [0.15, 0.2) is 72.1 Å². The second-order valence-corrected chi connectivity index (χ2v) is 10.3. The van der Waals surface area contributed by atoms with E-state index in [0.29, 0.717) is 30.9 Å². The van der Waals surface area contributed by atoms with Crippen molar-refractivity contribution in [3.8, 4) is 5.75 Å². The molecule has 2 atom stereocenters. The largest absolute Gasteiger partial charge is 0.497 e. The summed E-state index contributed by atoms with van der Waals surface area (Å²) in [5.41, 5.74) is 8.12. The molecule has 1 aliphatic heterocycles. The molecule has 196 valence electrons. The average molecular weight is 521 g/mol. The molecule has 7 nitrogen and oxygen atoms in total. The van der Waals surface area contributed by atoms with E-state index in [1.165, 1.54) is 22.5 Å². The van der Waals surface area contributed by atoms with Gasteiger partial charge in [0.1, 0.15) is 11.8 Å². The molecule has 1 aliphatic rings. The number of thiophene rings is 1. The van der Waals surface area contributed by atoms with Gasteiger partial charge in [0.25, 0.3) is 5.91 Å². The van der Waals surface area contributed by atoms with Gasteiger partial charge in [0.2, 0.25) is 5.91 Å². The van der Waals surface area contributed by atoms with Crippen molar-refractivity contribution in [1.29, 1.82) is 0 Å². The summed E-state index contributed by atoms with van der Waals surface area (Å²) < 4.78 is 5.33. The monoisotopic (exact) mass is 520 g/mol. The second kappa shape index (κ2) is 13.4. The third kappa shape index (κ3) is 7.19. The van der Waals surface area contributed by atoms with Crippen molar-refractivity contribution in [1.82, 2.24) is 15.1 Å². The molecule has 1 fully saturated rings. The molecule has 0 spiro atoms. The van der Waals surface area contributed by atoms with Gasteiger partial charge in [-0.05, 0) is 54.0 Å². The van der Waals surface area contributed by atoms with Gasteiger partial charge in [-0.15, -0.1) is 11.3 Å². The van der Waals surface area contributed by atoms with Crippen LogP contribution in [0, 0.1) is 0 Å². The SMILES string of the molecule is COc1ccc(CN(CCc2ccccc2)C2CCN(C(=O)c3cccs3)[C@@H](C(=O)NCCN)C2)cc1. The zero-order chi connectivity index (χ0) is 26.0. The van der Waals surface area contributed by atoms with Crippen molar-refractivity contribution in [3.63, 3.8) is 0 Å². The Morgan fingerprint density at radius 3 is 2.54 bits per heavy atom. The smallest absolute Gasteiger partial charge is 0.264 e. The van der Waals surface area contributed by atoms with Crippen molar-refractivity contribution in [2.75, 3.05) is 33.3 Å². The van der Waals surface area contributed by atoms with Crippen molar-refractivity contribution < 1.29 is 14.3 Å². The maximum Gasteiger partial charge on any atom is 0.264 e. The Kier molecular flexibility index (Phi) is 9.71. The molecule has 0 bridgehead atoms. The molecule has 8 heteroatoms. The summed E-state index contributed by atoms with van der Waals surface area (Å²) in [6, 6.07) is 21.9. The van der Waals surface area contributed by atoms with E-state index >= 15 is 0 Å². The fraction of sp³-hybridized carbons (Fsp3) is 0.379. The van der Waals surface area contributed by atoms with Crippen LogP contribution in [0.1, 0.15) is 33.6 Å². The first-order valence-electron chi connectivity index (χ1n) is 12.8. The highest BCUT2D eigenvalue weighted by Gasteiger charge is 2.38. The molecule has 4 rings (SSSR count). The molecule has 3 N–H and O–H groups in total. The van der Waals surface area contributed by atoms with Gasteiger partial charge in [-0.2, -0.15) is 0 Å². The van der Waals surface area contributed by atoms with Crippen LogP contribution in [-0.2, 0) is 17.8 Å². The van der Waals surface area contributed by atoms with Gasteiger partial charge in [0.15, 0.2) is 0 Å². The summed E-state index contributed by atoms with van der Waals surface area (Å²) in [4.78, 5) is 31.4. The average Bonchev–Trinajstić information content (AvgIpc) is 3.49. The predicted octanol–water partition coefficient (Wildman–Crippen LogP) is 3.55. The minimum absolute atomic E-state index is 0.0765. The summed E-state index contributed by atoms with van der Waals surface area (Å²) in [5, 5.41) is 4.82. The van der Waals surface area contributed by atoms with E-state index in [0.717, 1.165) is 31.7 Å². The molecule has 1 unspecified atom stereocenters. The number of nitrogens with zero attached hydrogens (tertiary/aromatic N) is 2.